The third-order valence-electron chi connectivity index (χ3n) is 3.32. The fraction of sp³-hybridized carbons (Fsp3) is 0.538. The third kappa shape index (κ3) is 3.27. The maximum Gasteiger partial charge on any atom is 0.303 e. The molecular weight excluding hydrogens is 246 g/mol. The highest BCUT2D eigenvalue weighted by Gasteiger charge is 2.28. The molecule has 6 heteroatoms. The summed E-state index contributed by atoms with van der Waals surface area (Å²) < 4.78 is 0. The van der Waals surface area contributed by atoms with Crippen molar-refractivity contribution in [2.45, 2.75) is 38.6 Å². The van der Waals surface area contributed by atoms with Crippen LogP contribution in [0.15, 0.2) is 12.4 Å². The largest absolute Gasteiger partial charge is 0.481 e. The summed E-state index contributed by atoms with van der Waals surface area (Å²) in [5.74, 6) is -0.788. The van der Waals surface area contributed by atoms with Crippen LogP contribution in [0.1, 0.15) is 43.6 Å². The lowest BCUT2D eigenvalue weighted by atomic mass is 10.1. The number of hydrogen-bond acceptors (Lipinski definition) is 4. The van der Waals surface area contributed by atoms with E-state index in [1.54, 1.807) is 24.2 Å². The van der Waals surface area contributed by atoms with Crippen molar-refractivity contribution < 1.29 is 14.7 Å². The molecule has 1 amide bonds. The van der Waals surface area contributed by atoms with Gasteiger partial charge in [-0.15, -0.1) is 0 Å². The zero-order valence-corrected chi connectivity index (χ0v) is 10.9. The predicted molar refractivity (Wildman–Crippen MR) is 67.4 cm³/mol. The molecule has 6 nitrogen and oxygen atoms in total. The fourth-order valence-electron chi connectivity index (χ4n) is 2.35. The minimum atomic E-state index is -0.843. The van der Waals surface area contributed by atoms with Gasteiger partial charge in [-0.05, 0) is 12.8 Å². The first kappa shape index (κ1) is 13.5. The first-order valence-corrected chi connectivity index (χ1v) is 6.37. The van der Waals surface area contributed by atoms with Crippen molar-refractivity contribution in [3.8, 4) is 0 Å². The zero-order chi connectivity index (χ0) is 13.8. The number of carboxylic acid groups (broad SMARTS) is 1. The van der Waals surface area contributed by atoms with Crippen LogP contribution < -0.4 is 0 Å². The summed E-state index contributed by atoms with van der Waals surface area (Å²) in [6.45, 7) is 2.33. The molecule has 2 rings (SSSR count). The van der Waals surface area contributed by atoms with E-state index in [0.29, 0.717) is 12.1 Å². The summed E-state index contributed by atoms with van der Waals surface area (Å²) in [5, 5.41) is 8.61. The first-order chi connectivity index (χ1) is 9.08. The maximum absolute atomic E-state index is 11.5. The third-order valence-corrected chi connectivity index (χ3v) is 3.32. The Morgan fingerprint density at radius 3 is 2.79 bits per heavy atom. The number of likely N-dealkylation sites (tertiary alicyclic amines) is 1. The standard InChI is InChI=1S/C13H17N3O3/c1-9(17)16-6-2-3-12(16)11-8-14-10(7-15-11)4-5-13(18)19/h7-8,12H,2-6H2,1H3,(H,18,19). The monoisotopic (exact) mass is 263 g/mol. The molecule has 1 N–H and O–H groups in total. The topological polar surface area (TPSA) is 83.4 Å². The van der Waals surface area contributed by atoms with Crippen LogP contribution in [-0.2, 0) is 16.0 Å². The highest BCUT2D eigenvalue weighted by Crippen LogP contribution is 2.30. The smallest absolute Gasteiger partial charge is 0.303 e. The highest BCUT2D eigenvalue weighted by atomic mass is 16.4. The van der Waals surface area contributed by atoms with E-state index in [0.717, 1.165) is 25.1 Å². The van der Waals surface area contributed by atoms with Gasteiger partial charge in [0.25, 0.3) is 0 Å². The van der Waals surface area contributed by atoms with Crippen molar-refractivity contribution in [2.24, 2.45) is 0 Å². The van der Waals surface area contributed by atoms with Crippen LogP contribution in [0, 0.1) is 0 Å². The minimum Gasteiger partial charge on any atom is -0.481 e. The fourth-order valence-corrected chi connectivity index (χ4v) is 2.35. The number of aromatic nitrogens is 2. The molecule has 19 heavy (non-hydrogen) atoms. The molecule has 0 aromatic carbocycles. The molecule has 1 aromatic heterocycles. The quantitative estimate of drug-likeness (QED) is 0.881. The molecule has 1 saturated heterocycles. The molecule has 2 heterocycles. The van der Waals surface area contributed by atoms with Gasteiger partial charge in [-0.3, -0.25) is 19.6 Å². The Labute approximate surface area is 111 Å². The predicted octanol–water partition coefficient (Wildman–Crippen LogP) is 1.18. The van der Waals surface area contributed by atoms with Crippen molar-refractivity contribution in [2.75, 3.05) is 6.54 Å². The van der Waals surface area contributed by atoms with Gasteiger partial charge in [0, 0.05) is 26.1 Å². The van der Waals surface area contributed by atoms with Crippen molar-refractivity contribution in [1.29, 1.82) is 0 Å². The number of amides is 1. The van der Waals surface area contributed by atoms with Crippen LogP contribution in [0.2, 0.25) is 0 Å². The number of carbonyl (C=O) groups is 2. The lowest BCUT2D eigenvalue weighted by Crippen LogP contribution is -2.28. The van der Waals surface area contributed by atoms with Gasteiger partial charge in [-0.1, -0.05) is 0 Å². The molecule has 0 radical (unpaired) electrons. The molecule has 1 aliphatic rings. The van der Waals surface area contributed by atoms with Gasteiger partial charge in [0.05, 0.1) is 30.0 Å². The minimum absolute atomic E-state index is 0.0125. The van der Waals surface area contributed by atoms with Crippen LogP contribution in [0.5, 0.6) is 0 Å². The van der Waals surface area contributed by atoms with E-state index in [2.05, 4.69) is 9.97 Å². The molecule has 102 valence electrons. The second-order valence-electron chi connectivity index (χ2n) is 4.70. The molecule has 1 aromatic rings. The molecular formula is C13H17N3O3. The van der Waals surface area contributed by atoms with Gasteiger partial charge in [0.1, 0.15) is 0 Å². The van der Waals surface area contributed by atoms with Crippen LogP contribution in [0.25, 0.3) is 0 Å². The average Bonchev–Trinajstić information content (AvgIpc) is 2.86. The van der Waals surface area contributed by atoms with E-state index in [4.69, 9.17) is 5.11 Å². The van der Waals surface area contributed by atoms with E-state index in [-0.39, 0.29) is 18.4 Å². The second kappa shape index (κ2) is 5.77. The molecule has 1 fully saturated rings. The SMILES string of the molecule is CC(=O)N1CCCC1c1cnc(CCC(=O)O)cn1. The lowest BCUT2D eigenvalue weighted by Gasteiger charge is -2.22. The van der Waals surface area contributed by atoms with Crippen LogP contribution >= 0.6 is 0 Å². The normalized spacial score (nSPS) is 18.6. The summed E-state index contributed by atoms with van der Waals surface area (Å²) in [5.41, 5.74) is 1.45. The van der Waals surface area contributed by atoms with E-state index >= 15 is 0 Å². The molecule has 1 aliphatic heterocycles. The molecule has 1 atom stereocenters. The number of rotatable bonds is 4. The maximum atomic E-state index is 11.5. The van der Waals surface area contributed by atoms with Crippen LogP contribution in [0.3, 0.4) is 0 Å². The lowest BCUT2D eigenvalue weighted by molar-refractivity contribution is -0.137. The Bertz CT molecular complexity index is 473. The van der Waals surface area contributed by atoms with E-state index in [1.165, 1.54) is 0 Å². The van der Waals surface area contributed by atoms with Crippen LogP contribution in [0.4, 0.5) is 0 Å². The van der Waals surface area contributed by atoms with Gasteiger partial charge in [0.15, 0.2) is 0 Å². The Kier molecular flexibility index (Phi) is 4.09. The number of hydrogen-bond donors (Lipinski definition) is 1. The van der Waals surface area contributed by atoms with Crippen molar-refractivity contribution >= 4 is 11.9 Å². The molecule has 0 aliphatic carbocycles. The Balaban J connectivity index is 2.05. The van der Waals surface area contributed by atoms with Gasteiger partial charge >= 0.3 is 5.97 Å². The summed E-state index contributed by atoms with van der Waals surface area (Å²) in [6.07, 6.45) is 5.58. The van der Waals surface area contributed by atoms with E-state index in [9.17, 15) is 9.59 Å². The second-order valence-corrected chi connectivity index (χ2v) is 4.70. The van der Waals surface area contributed by atoms with Crippen LogP contribution in [-0.4, -0.2) is 38.4 Å². The number of nitrogens with zero attached hydrogens (tertiary/aromatic N) is 3. The van der Waals surface area contributed by atoms with Crippen molar-refractivity contribution in [3.05, 3.63) is 23.8 Å². The van der Waals surface area contributed by atoms with Gasteiger partial charge < -0.3 is 10.0 Å². The summed E-state index contributed by atoms with van der Waals surface area (Å²) in [7, 11) is 0. The Morgan fingerprint density at radius 1 is 1.42 bits per heavy atom. The van der Waals surface area contributed by atoms with E-state index in [1.807, 2.05) is 0 Å². The van der Waals surface area contributed by atoms with Crippen molar-refractivity contribution in [3.63, 3.8) is 0 Å². The average molecular weight is 263 g/mol. The molecule has 1 unspecified atom stereocenters. The van der Waals surface area contributed by atoms with Gasteiger partial charge in [0.2, 0.25) is 5.91 Å². The summed E-state index contributed by atoms with van der Waals surface area (Å²) >= 11 is 0. The number of aliphatic carboxylic acids is 1. The first-order valence-electron chi connectivity index (χ1n) is 6.37. The zero-order valence-electron chi connectivity index (χ0n) is 10.9. The Morgan fingerprint density at radius 2 is 2.21 bits per heavy atom. The number of carbonyl (C=O) groups excluding carboxylic acids is 1. The number of aryl methyl sites for hydroxylation is 1. The number of carboxylic acids is 1. The van der Waals surface area contributed by atoms with Crippen molar-refractivity contribution in [1.82, 2.24) is 14.9 Å². The molecule has 0 saturated carbocycles. The molecule has 0 spiro atoms. The van der Waals surface area contributed by atoms with Gasteiger partial charge in [-0.2, -0.15) is 0 Å². The summed E-state index contributed by atoms with van der Waals surface area (Å²) in [4.78, 5) is 32.3. The Hall–Kier alpha value is -1.98. The van der Waals surface area contributed by atoms with E-state index < -0.39 is 5.97 Å². The summed E-state index contributed by atoms with van der Waals surface area (Å²) in [6, 6.07) is 0.0125. The molecule has 0 bridgehead atoms. The van der Waals surface area contributed by atoms with Gasteiger partial charge in [-0.25, -0.2) is 0 Å². The highest BCUT2D eigenvalue weighted by molar-refractivity contribution is 5.74.